The van der Waals surface area contributed by atoms with Gasteiger partial charge in [-0.3, -0.25) is 4.79 Å². The van der Waals surface area contributed by atoms with Gasteiger partial charge in [0.15, 0.2) is 0 Å². The number of nitrogens with zero attached hydrogens (tertiary/aromatic N) is 3. The molecular formula is C18H13BrClN3O2. The van der Waals surface area contributed by atoms with Crippen molar-refractivity contribution in [3.63, 3.8) is 0 Å². The van der Waals surface area contributed by atoms with E-state index in [9.17, 15) is 4.79 Å². The first-order valence-electron chi connectivity index (χ1n) is 7.75. The van der Waals surface area contributed by atoms with Gasteiger partial charge in [-0.05, 0) is 36.4 Å². The van der Waals surface area contributed by atoms with Crippen molar-refractivity contribution >= 4 is 39.1 Å². The molecule has 25 heavy (non-hydrogen) atoms. The highest BCUT2D eigenvalue weighted by Gasteiger charge is 2.35. The van der Waals surface area contributed by atoms with E-state index in [4.69, 9.17) is 16.1 Å². The summed E-state index contributed by atoms with van der Waals surface area (Å²) < 4.78 is 6.36. The molecule has 1 aromatic heterocycles. The molecule has 1 unspecified atom stereocenters. The summed E-state index contributed by atoms with van der Waals surface area (Å²) >= 11 is 9.34. The molecule has 0 bridgehead atoms. The molecule has 0 N–H and O–H groups in total. The summed E-state index contributed by atoms with van der Waals surface area (Å²) in [6.45, 7) is 0.514. The highest BCUT2D eigenvalue weighted by molar-refractivity contribution is 9.10. The number of carbonyl (C=O) groups excluding carboxylic acids is 1. The fourth-order valence-electron chi connectivity index (χ4n) is 2.89. The average Bonchev–Trinajstić information content (AvgIpc) is 3.23. The Morgan fingerprint density at radius 2 is 2.00 bits per heavy atom. The van der Waals surface area contributed by atoms with Crippen LogP contribution in [0, 0.1) is 0 Å². The fraction of sp³-hybridized carbons (Fsp3) is 0.167. The minimum Gasteiger partial charge on any atom is -0.339 e. The maximum Gasteiger partial charge on any atom is 0.232 e. The molecule has 4 rings (SSSR count). The van der Waals surface area contributed by atoms with Crippen molar-refractivity contribution in [3.8, 4) is 11.4 Å². The van der Waals surface area contributed by atoms with Gasteiger partial charge in [-0.25, -0.2) is 0 Å². The largest absolute Gasteiger partial charge is 0.339 e. The van der Waals surface area contributed by atoms with Crippen LogP contribution in [0.5, 0.6) is 0 Å². The van der Waals surface area contributed by atoms with E-state index in [-0.39, 0.29) is 11.8 Å². The number of rotatable bonds is 3. The van der Waals surface area contributed by atoms with E-state index in [1.165, 1.54) is 0 Å². The average molecular weight is 419 g/mol. The van der Waals surface area contributed by atoms with Gasteiger partial charge in [0.2, 0.25) is 17.6 Å². The Bertz CT molecular complexity index is 926. The molecule has 1 fully saturated rings. The zero-order valence-electron chi connectivity index (χ0n) is 13.0. The second-order valence-corrected chi connectivity index (χ2v) is 7.20. The van der Waals surface area contributed by atoms with Crippen LogP contribution in [0.4, 0.5) is 5.69 Å². The molecule has 5 nitrogen and oxygen atoms in total. The molecular weight excluding hydrogens is 406 g/mol. The van der Waals surface area contributed by atoms with Crippen LogP contribution in [-0.2, 0) is 4.79 Å². The maximum absolute atomic E-state index is 12.4. The second kappa shape index (κ2) is 6.61. The number of hydrogen-bond donors (Lipinski definition) is 0. The van der Waals surface area contributed by atoms with E-state index >= 15 is 0 Å². The van der Waals surface area contributed by atoms with Crippen molar-refractivity contribution in [1.82, 2.24) is 10.1 Å². The van der Waals surface area contributed by atoms with Gasteiger partial charge in [0, 0.05) is 33.7 Å². The summed E-state index contributed by atoms with van der Waals surface area (Å²) in [6, 6.07) is 14.9. The van der Waals surface area contributed by atoms with E-state index in [0.717, 1.165) is 15.7 Å². The van der Waals surface area contributed by atoms with Gasteiger partial charge in [0.25, 0.3) is 0 Å². The number of benzene rings is 2. The Morgan fingerprint density at radius 3 is 2.76 bits per heavy atom. The number of hydrogen-bond acceptors (Lipinski definition) is 4. The molecule has 3 aromatic rings. The third kappa shape index (κ3) is 3.32. The standard InChI is InChI=1S/C18H13BrClN3O2/c19-13-3-1-2-11(8-13)17-21-18(25-22-17)12-9-16(24)23(10-12)15-6-4-14(20)5-7-15/h1-8,12H,9-10H2. The predicted octanol–water partition coefficient (Wildman–Crippen LogP) is 4.67. The normalized spacial score (nSPS) is 17.3. The van der Waals surface area contributed by atoms with Crippen LogP contribution in [-0.4, -0.2) is 22.6 Å². The van der Waals surface area contributed by atoms with E-state index in [0.29, 0.717) is 29.7 Å². The lowest BCUT2D eigenvalue weighted by Gasteiger charge is -2.15. The summed E-state index contributed by atoms with van der Waals surface area (Å²) in [5, 5.41) is 4.69. The molecule has 1 atom stereocenters. The van der Waals surface area contributed by atoms with Crippen LogP contribution in [0.15, 0.2) is 57.5 Å². The van der Waals surface area contributed by atoms with Crippen molar-refractivity contribution in [2.75, 3.05) is 11.4 Å². The molecule has 1 aliphatic rings. The summed E-state index contributed by atoms with van der Waals surface area (Å²) in [4.78, 5) is 18.6. The minimum absolute atomic E-state index is 0.0366. The minimum atomic E-state index is -0.114. The molecule has 1 amide bonds. The molecule has 2 heterocycles. The number of anilines is 1. The topological polar surface area (TPSA) is 59.2 Å². The SMILES string of the molecule is O=C1CC(c2nc(-c3cccc(Br)c3)no2)CN1c1ccc(Cl)cc1. The second-order valence-electron chi connectivity index (χ2n) is 5.85. The molecule has 1 saturated heterocycles. The predicted molar refractivity (Wildman–Crippen MR) is 98.6 cm³/mol. The van der Waals surface area contributed by atoms with Gasteiger partial charge < -0.3 is 9.42 Å². The van der Waals surface area contributed by atoms with Crippen LogP contribution in [0.1, 0.15) is 18.2 Å². The summed E-state index contributed by atoms with van der Waals surface area (Å²) in [5.74, 6) is 0.930. The zero-order chi connectivity index (χ0) is 17.4. The van der Waals surface area contributed by atoms with Crippen LogP contribution >= 0.6 is 27.5 Å². The van der Waals surface area contributed by atoms with Gasteiger partial charge >= 0.3 is 0 Å². The first-order valence-corrected chi connectivity index (χ1v) is 8.93. The Labute approximate surface area is 157 Å². The van der Waals surface area contributed by atoms with Crippen LogP contribution in [0.2, 0.25) is 5.02 Å². The lowest BCUT2D eigenvalue weighted by atomic mass is 10.1. The first-order chi connectivity index (χ1) is 12.1. The summed E-state index contributed by atoms with van der Waals surface area (Å²) in [7, 11) is 0. The highest BCUT2D eigenvalue weighted by Crippen LogP contribution is 2.32. The Morgan fingerprint density at radius 1 is 1.20 bits per heavy atom. The Balaban J connectivity index is 1.55. The quantitative estimate of drug-likeness (QED) is 0.620. The van der Waals surface area contributed by atoms with Gasteiger partial charge in [0.05, 0.1) is 5.92 Å². The molecule has 0 radical (unpaired) electrons. The van der Waals surface area contributed by atoms with Crippen LogP contribution in [0.25, 0.3) is 11.4 Å². The van der Waals surface area contributed by atoms with Crippen molar-refractivity contribution in [1.29, 1.82) is 0 Å². The molecule has 126 valence electrons. The van der Waals surface area contributed by atoms with Gasteiger partial charge in [-0.15, -0.1) is 0 Å². The highest BCUT2D eigenvalue weighted by atomic mass is 79.9. The third-order valence-electron chi connectivity index (χ3n) is 4.14. The van der Waals surface area contributed by atoms with E-state index in [1.54, 1.807) is 17.0 Å². The van der Waals surface area contributed by atoms with Crippen molar-refractivity contribution in [2.45, 2.75) is 12.3 Å². The molecule has 0 aliphatic carbocycles. The molecule has 7 heteroatoms. The molecule has 2 aromatic carbocycles. The molecule has 0 spiro atoms. The zero-order valence-corrected chi connectivity index (χ0v) is 15.4. The van der Waals surface area contributed by atoms with Crippen molar-refractivity contribution in [3.05, 3.63) is 63.9 Å². The van der Waals surface area contributed by atoms with Crippen LogP contribution < -0.4 is 4.90 Å². The van der Waals surface area contributed by atoms with E-state index in [2.05, 4.69) is 26.1 Å². The number of aromatic nitrogens is 2. The fourth-order valence-corrected chi connectivity index (χ4v) is 3.41. The first kappa shape index (κ1) is 16.3. The van der Waals surface area contributed by atoms with Gasteiger partial charge in [-0.2, -0.15) is 4.98 Å². The third-order valence-corrected chi connectivity index (χ3v) is 4.88. The Hall–Kier alpha value is -2.18. The van der Waals surface area contributed by atoms with Gasteiger partial charge in [-0.1, -0.05) is 44.8 Å². The lowest BCUT2D eigenvalue weighted by Crippen LogP contribution is -2.24. The number of carbonyl (C=O) groups is 1. The molecule has 0 saturated carbocycles. The van der Waals surface area contributed by atoms with E-state index < -0.39 is 0 Å². The number of halogens is 2. The lowest BCUT2D eigenvalue weighted by molar-refractivity contribution is -0.117. The van der Waals surface area contributed by atoms with Crippen molar-refractivity contribution in [2.24, 2.45) is 0 Å². The summed E-state index contributed by atoms with van der Waals surface area (Å²) in [6.07, 6.45) is 0.350. The molecule has 1 aliphatic heterocycles. The Kier molecular flexibility index (Phi) is 4.31. The van der Waals surface area contributed by atoms with Crippen LogP contribution in [0.3, 0.4) is 0 Å². The monoisotopic (exact) mass is 417 g/mol. The van der Waals surface area contributed by atoms with Gasteiger partial charge in [0.1, 0.15) is 0 Å². The van der Waals surface area contributed by atoms with Crippen molar-refractivity contribution < 1.29 is 9.32 Å². The maximum atomic E-state index is 12.4. The van der Waals surface area contributed by atoms with E-state index in [1.807, 2.05) is 36.4 Å². The summed E-state index contributed by atoms with van der Waals surface area (Å²) in [5.41, 5.74) is 1.69. The number of amides is 1. The smallest absolute Gasteiger partial charge is 0.232 e.